The Balaban J connectivity index is 2.38. The highest BCUT2D eigenvalue weighted by atomic mass is 35.5. The number of rotatable bonds is 1. The van der Waals surface area contributed by atoms with Crippen LogP contribution in [0, 0.1) is 6.33 Å². The lowest BCUT2D eigenvalue weighted by Gasteiger charge is -2.10. The highest BCUT2D eigenvalue weighted by molar-refractivity contribution is 6.44. The fraction of sp³-hybridized carbons (Fsp3) is 0. The number of halogens is 4. The van der Waals surface area contributed by atoms with Crippen molar-refractivity contribution in [2.24, 2.45) is 0 Å². The highest BCUT2D eigenvalue weighted by Crippen LogP contribution is 2.42. The van der Waals surface area contributed by atoms with Gasteiger partial charge in [-0.25, -0.2) is 4.98 Å². The van der Waals surface area contributed by atoms with E-state index in [2.05, 4.69) is 16.3 Å². The number of aromatic amines is 1. The van der Waals surface area contributed by atoms with Crippen molar-refractivity contribution in [3.63, 3.8) is 0 Å². The van der Waals surface area contributed by atoms with Gasteiger partial charge in [-0.2, -0.15) is 0 Å². The Morgan fingerprint density at radius 2 is 1.79 bits per heavy atom. The molecule has 1 radical (unpaired) electrons. The summed E-state index contributed by atoms with van der Waals surface area (Å²) < 4.78 is 0. The summed E-state index contributed by atoms with van der Waals surface area (Å²) in [4.78, 5) is 6.89. The van der Waals surface area contributed by atoms with Crippen molar-refractivity contribution >= 4 is 57.4 Å². The third-order valence-corrected chi connectivity index (χ3v) is 3.98. The standard InChI is InChI=1S/C13H5Cl4N2/c14-6-1-2-8(15)7(3-6)11-9(16)4-10-13(12(11)17)19-5-18-10/h1-4H,(H,18,19). The number of hydrogen-bond acceptors (Lipinski definition) is 1. The van der Waals surface area contributed by atoms with E-state index in [4.69, 9.17) is 46.4 Å². The van der Waals surface area contributed by atoms with Crippen LogP contribution in [0.4, 0.5) is 0 Å². The molecule has 6 heteroatoms. The summed E-state index contributed by atoms with van der Waals surface area (Å²) in [5, 5.41) is 1.97. The van der Waals surface area contributed by atoms with E-state index in [9.17, 15) is 0 Å². The topological polar surface area (TPSA) is 28.7 Å². The van der Waals surface area contributed by atoms with Crippen LogP contribution in [-0.4, -0.2) is 9.97 Å². The van der Waals surface area contributed by atoms with Gasteiger partial charge in [0.2, 0.25) is 0 Å². The zero-order chi connectivity index (χ0) is 13.6. The molecular weight excluding hydrogens is 326 g/mol. The quantitative estimate of drug-likeness (QED) is 0.614. The molecule has 0 atom stereocenters. The number of nitrogens with zero attached hydrogens (tertiary/aromatic N) is 1. The number of fused-ring (bicyclic) bond motifs is 1. The average Bonchev–Trinajstić information content (AvgIpc) is 2.82. The first-order valence-corrected chi connectivity index (χ1v) is 6.78. The van der Waals surface area contributed by atoms with Crippen LogP contribution in [-0.2, 0) is 0 Å². The van der Waals surface area contributed by atoms with Gasteiger partial charge < -0.3 is 4.98 Å². The molecule has 95 valence electrons. The number of nitrogens with one attached hydrogen (secondary N) is 1. The van der Waals surface area contributed by atoms with Crippen molar-refractivity contribution in [3.8, 4) is 11.1 Å². The van der Waals surface area contributed by atoms with Gasteiger partial charge in [0.15, 0.2) is 6.33 Å². The predicted octanol–water partition coefficient (Wildman–Crippen LogP) is 5.64. The van der Waals surface area contributed by atoms with Crippen LogP contribution < -0.4 is 0 Å². The molecule has 0 amide bonds. The Morgan fingerprint density at radius 1 is 1.00 bits per heavy atom. The van der Waals surface area contributed by atoms with E-state index in [1.165, 1.54) is 0 Å². The molecule has 2 aromatic carbocycles. The summed E-state index contributed by atoms with van der Waals surface area (Å²) in [6.07, 6.45) is 2.63. The third-order valence-electron chi connectivity index (χ3n) is 2.75. The molecule has 0 saturated carbocycles. The highest BCUT2D eigenvalue weighted by Gasteiger charge is 2.17. The predicted molar refractivity (Wildman–Crippen MR) is 80.4 cm³/mol. The third kappa shape index (κ3) is 2.19. The molecule has 1 heterocycles. The molecule has 1 aromatic heterocycles. The Labute approximate surface area is 129 Å². The van der Waals surface area contributed by atoms with Crippen LogP contribution in [0.3, 0.4) is 0 Å². The first-order chi connectivity index (χ1) is 9.08. The molecule has 3 rings (SSSR count). The van der Waals surface area contributed by atoms with E-state index in [1.54, 1.807) is 24.3 Å². The molecule has 0 aliphatic heterocycles. The first kappa shape index (κ1) is 13.1. The number of benzene rings is 2. The van der Waals surface area contributed by atoms with Gasteiger partial charge in [-0.3, -0.25) is 0 Å². The largest absolute Gasteiger partial charge is 0.335 e. The minimum absolute atomic E-state index is 0.421. The van der Waals surface area contributed by atoms with Crippen LogP contribution in [0.2, 0.25) is 20.1 Å². The van der Waals surface area contributed by atoms with E-state index in [1.807, 2.05) is 0 Å². The molecule has 1 N–H and O–H groups in total. The Kier molecular flexibility index (Phi) is 3.35. The Bertz CT molecular complexity index is 780. The number of aromatic nitrogens is 2. The molecule has 19 heavy (non-hydrogen) atoms. The molecular formula is C13H5Cl4N2. The fourth-order valence-corrected chi connectivity index (χ4v) is 2.98. The van der Waals surface area contributed by atoms with Gasteiger partial charge in [0.1, 0.15) is 5.52 Å². The molecule has 0 fully saturated rings. The minimum atomic E-state index is 0.421. The second kappa shape index (κ2) is 4.88. The lowest BCUT2D eigenvalue weighted by Crippen LogP contribution is -1.86. The van der Waals surface area contributed by atoms with E-state index in [0.29, 0.717) is 36.7 Å². The summed E-state index contributed by atoms with van der Waals surface area (Å²) in [5.74, 6) is 0. The fourth-order valence-electron chi connectivity index (χ4n) is 1.89. The first-order valence-electron chi connectivity index (χ1n) is 5.27. The summed E-state index contributed by atoms with van der Waals surface area (Å²) in [6, 6.07) is 6.86. The molecule has 3 aromatic rings. The monoisotopic (exact) mass is 329 g/mol. The van der Waals surface area contributed by atoms with E-state index in [-0.39, 0.29) is 0 Å². The lowest BCUT2D eigenvalue weighted by atomic mass is 10.0. The van der Waals surface area contributed by atoms with Gasteiger partial charge in [0.25, 0.3) is 0 Å². The van der Waals surface area contributed by atoms with Gasteiger partial charge in [0.05, 0.1) is 15.6 Å². The van der Waals surface area contributed by atoms with Gasteiger partial charge in [0, 0.05) is 21.2 Å². The molecule has 0 bridgehead atoms. The maximum atomic E-state index is 6.36. The Hall–Kier alpha value is -0.930. The van der Waals surface area contributed by atoms with E-state index < -0.39 is 0 Å². The SMILES string of the molecule is Clc1ccc(Cl)c(-c2c(Cl)cc3[nH][c]nc3c2Cl)c1. The summed E-state index contributed by atoms with van der Waals surface area (Å²) in [7, 11) is 0. The normalized spacial score (nSPS) is 11.2. The van der Waals surface area contributed by atoms with Crippen molar-refractivity contribution in [2.45, 2.75) is 0 Å². The molecule has 0 spiro atoms. The second-order valence-corrected chi connectivity index (χ2v) is 5.55. The summed E-state index contributed by atoms with van der Waals surface area (Å²) in [6.45, 7) is 0. The number of imidazole rings is 1. The van der Waals surface area contributed by atoms with Crippen molar-refractivity contribution in [2.75, 3.05) is 0 Å². The maximum Gasteiger partial charge on any atom is 0.174 e. The van der Waals surface area contributed by atoms with E-state index >= 15 is 0 Å². The maximum absolute atomic E-state index is 6.36. The number of H-pyrrole nitrogens is 1. The average molecular weight is 331 g/mol. The molecule has 2 nitrogen and oxygen atoms in total. The van der Waals surface area contributed by atoms with Crippen molar-refractivity contribution in [1.82, 2.24) is 9.97 Å². The lowest BCUT2D eigenvalue weighted by molar-refractivity contribution is 1.32. The van der Waals surface area contributed by atoms with Gasteiger partial charge in [-0.1, -0.05) is 46.4 Å². The van der Waals surface area contributed by atoms with Crippen molar-refractivity contribution < 1.29 is 0 Å². The number of hydrogen-bond donors (Lipinski definition) is 1. The van der Waals surface area contributed by atoms with Gasteiger partial charge >= 0.3 is 0 Å². The molecule has 0 aliphatic carbocycles. The summed E-state index contributed by atoms with van der Waals surface area (Å²) in [5.41, 5.74) is 2.60. The summed E-state index contributed by atoms with van der Waals surface area (Å²) >= 11 is 24.8. The smallest absolute Gasteiger partial charge is 0.174 e. The zero-order valence-electron chi connectivity index (χ0n) is 9.27. The van der Waals surface area contributed by atoms with Crippen molar-refractivity contribution in [1.29, 1.82) is 0 Å². The van der Waals surface area contributed by atoms with Gasteiger partial charge in [-0.15, -0.1) is 0 Å². The van der Waals surface area contributed by atoms with Crippen LogP contribution in [0.25, 0.3) is 22.2 Å². The van der Waals surface area contributed by atoms with Crippen LogP contribution >= 0.6 is 46.4 Å². The van der Waals surface area contributed by atoms with Crippen LogP contribution in [0.1, 0.15) is 0 Å². The second-order valence-electron chi connectivity index (χ2n) is 3.92. The van der Waals surface area contributed by atoms with Crippen molar-refractivity contribution in [3.05, 3.63) is 50.7 Å². The molecule has 0 saturated heterocycles. The van der Waals surface area contributed by atoms with Gasteiger partial charge in [-0.05, 0) is 24.3 Å². The van der Waals surface area contributed by atoms with E-state index in [0.717, 1.165) is 5.52 Å². The Morgan fingerprint density at radius 3 is 2.58 bits per heavy atom. The minimum Gasteiger partial charge on any atom is -0.335 e. The van der Waals surface area contributed by atoms with Crippen LogP contribution in [0.5, 0.6) is 0 Å². The molecule has 0 aliphatic rings. The van der Waals surface area contributed by atoms with Crippen LogP contribution in [0.15, 0.2) is 24.3 Å². The zero-order valence-corrected chi connectivity index (χ0v) is 12.3. The molecule has 0 unspecified atom stereocenters.